The quantitative estimate of drug-likeness (QED) is 0.509. The molecule has 0 radical (unpaired) electrons. The summed E-state index contributed by atoms with van der Waals surface area (Å²) in [6, 6.07) is 0. The van der Waals surface area contributed by atoms with Crippen LogP contribution < -0.4 is 0 Å². The molecule has 1 atom stereocenters. The third kappa shape index (κ3) is 5.35. The van der Waals surface area contributed by atoms with Crippen molar-refractivity contribution < 1.29 is 0 Å². The summed E-state index contributed by atoms with van der Waals surface area (Å²) in [6.45, 7) is 13.9. The summed E-state index contributed by atoms with van der Waals surface area (Å²) in [5.74, 6) is 0.808. The van der Waals surface area contributed by atoms with E-state index in [1.165, 1.54) is 6.42 Å². The van der Waals surface area contributed by atoms with Crippen molar-refractivity contribution in [1.29, 1.82) is 0 Å². The van der Waals surface area contributed by atoms with E-state index in [0.29, 0.717) is 10.8 Å². The smallest absolute Gasteiger partial charge is 0.0645 e. The number of rotatable bonds is 1. The van der Waals surface area contributed by atoms with Gasteiger partial charge in [-0.05, 0) is 10.8 Å². The van der Waals surface area contributed by atoms with Gasteiger partial charge in [-0.2, -0.15) is 0 Å². The molecule has 0 aromatic carbocycles. The van der Waals surface area contributed by atoms with E-state index in [1.807, 2.05) is 0 Å². The third-order valence-electron chi connectivity index (χ3n) is 2.40. The zero-order valence-corrected chi connectivity index (χ0v) is 9.28. The van der Waals surface area contributed by atoms with Gasteiger partial charge in [0.1, 0.15) is 7.85 Å². The minimum absolute atomic E-state index is 0.466. The van der Waals surface area contributed by atoms with E-state index in [4.69, 9.17) is 0 Å². The van der Waals surface area contributed by atoms with Crippen molar-refractivity contribution in [1.82, 2.24) is 0 Å². The molecule has 0 heterocycles. The Hall–Kier alpha value is 0.0649. The van der Waals surface area contributed by atoms with Gasteiger partial charge < -0.3 is 0 Å². The molecule has 0 aliphatic rings. The van der Waals surface area contributed by atoms with E-state index >= 15 is 0 Å². The molecule has 0 bridgehead atoms. The van der Waals surface area contributed by atoms with Gasteiger partial charge in [-0.3, -0.25) is 0 Å². The summed E-state index contributed by atoms with van der Waals surface area (Å²) in [5.41, 5.74) is 0.944. The molecule has 0 saturated carbocycles. The molecule has 0 fully saturated rings. The predicted octanol–water partition coefficient (Wildman–Crippen LogP) is 2.89. The highest BCUT2D eigenvalue weighted by atomic mass is 14.3. The van der Waals surface area contributed by atoms with Crippen LogP contribution in [0, 0.1) is 10.8 Å². The Kier molecular flexibility index (Phi) is 3.22. The summed E-state index contributed by atoms with van der Waals surface area (Å²) in [7, 11) is 2.35. The minimum Gasteiger partial charge on any atom is -0.0645 e. The molecule has 0 aliphatic heterocycles. The lowest BCUT2D eigenvalue weighted by Crippen LogP contribution is -2.20. The van der Waals surface area contributed by atoms with Crippen LogP contribution in [-0.2, 0) is 0 Å². The Balaban J connectivity index is 3.99. The molecule has 0 spiro atoms. The van der Waals surface area contributed by atoms with Crippen molar-refractivity contribution in [3.8, 4) is 0 Å². The van der Waals surface area contributed by atoms with Crippen molar-refractivity contribution in [2.75, 3.05) is 0 Å². The molecule has 0 nitrogen and oxygen atoms in total. The Labute approximate surface area is 73.2 Å². The first kappa shape index (κ1) is 11.1. The standard InChI is InChI=1S/C10H23B/c1-9(2,3)7-8(11)10(4,5)6/h8H,7,11H2,1-6H3. The topological polar surface area (TPSA) is 0 Å². The molecular weight excluding hydrogens is 131 g/mol. The lowest BCUT2D eigenvalue weighted by atomic mass is 9.62. The fourth-order valence-corrected chi connectivity index (χ4v) is 1.22. The summed E-state index contributed by atoms with van der Waals surface area (Å²) in [6.07, 6.45) is 1.32. The van der Waals surface area contributed by atoms with E-state index in [2.05, 4.69) is 49.4 Å². The van der Waals surface area contributed by atoms with Crippen LogP contribution in [0.4, 0.5) is 0 Å². The van der Waals surface area contributed by atoms with Gasteiger partial charge in [-0.1, -0.05) is 53.8 Å². The van der Waals surface area contributed by atoms with Crippen LogP contribution in [0.3, 0.4) is 0 Å². The van der Waals surface area contributed by atoms with Crippen LogP contribution in [0.25, 0.3) is 0 Å². The fourth-order valence-electron chi connectivity index (χ4n) is 1.22. The Morgan fingerprint density at radius 1 is 1.00 bits per heavy atom. The molecule has 0 saturated heterocycles. The molecule has 11 heavy (non-hydrogen) atoms. The molecule has 1 heteroatoms. The summed E-state index contributed by atoms with van der Waals surface area (Å²) in [5, 5.41) is 0. The Morgan fingerprint density at radius 2 is 1.36 bits per heavy atom. The molecule has 0 amide bonds. The molecule has 66 valence electrons. The Bertz CT molecular complexity index is 114. The third-order valence-corrected chi connectivity index (χ3v) is 2.40. The first-order chi connectivity index (χ1) is 4.63. The maximum atomic E-state index is 2.35. The van der Waals surface area contributed by atoms with Crippen molar-refractivity contribution >= 4 is 7.85 Å². The molecular formula is C10H23B. The van der Waals surface area contributed by atoms with E-state index in [1.54, 1.807) is 0 Å². The summed E-state index contributed by atoms with van der Waals surface area (Å²) >= 11 is 0. The van der Waals surface area contributed by atoms with Gasteiger partial charge in [0.2, 0.25) is 0 Å². The van der Waals surface area contributed by atoms with Crippen LogP contribution in [0.5, 0.6) is 0 Å². The fraction of sp³-hybridized carbons (Fsp3) is 1.00. The molecule has 0 rings (SSSR count). The average Bonchev–Trinajstić information content (AvgIpc) is 1.56. The van der Waals surface area contributed by atoms with Gasteiger partial charge in [-0.15, -0.1) is 0 Å². The van der Waals surface area contributed by atoms with Crippen molar-refractivity contribution in [3.63, 3.8) is 0 Å². The maximum absolute atomic E-state index is 2.35. The average molecular weight is 154 g/mol. The monoisotopic (exact) mass is 154 g/mol. The van der Waals surface area contributed by atoms with Gasteiger partial charge in [0, 0.05) is 0 Å². The van der Waals surface area contributed by atoms with E-state index < -0.39 is 0 Å². The predicted molar refractivity (Wildman–Crippen MR) is 55.8 cm³/mol. The largest absolute Gasteiger partial charge is 0.106 e. The van der Waals surface area contributed by atoms with Gasteiger partial charge >= 0.3 is 0 Å². The van der Waals surface area contributed by atoms with Gasteiger partial charge in [-0.25, -0.2) is 0 Å². The van der Waals surface area contributed by atoms with E-state index in [9.17, 15) is 0 Å². The highest BCUT2D eigenvalue weighted by Crippen LogP contribution is 2.37. The van der Waals surface area contributed by atoms with Gasteiger partial charge in [0.15, 0.2) is 0 Å². The first-order valence-corrected chi connectivity index (χ1v) is 4.63. The lowest BCUT2D eigenvalue weighted by Gasteiger charge is -2.33. The highest BCUT2D eigenvalue weighted by molar-refractivity contribution is 6.12. The van der Waals surface area contributed by atoms with Crippen molar-refractivity contribution in [2.24, 2.45) is 10.8 Å². The van der Waals surface area contributed by atoms with Crippen LogP contribution in [0.1, 0.15) is 48.0 Å². The molecule has 0 N–H and O–H groups in total. The molecule has 0 aliphatic carbocycles. The second-order valence-corrected chi connectivity index (χ2v) is 6.03. The SMILES string of the molecule is BC(CC(C)(C)C)C(C)(C)C. The van der Waals surface area contributed by atoms with Crippen molar-refractivity contribution in [3.05, 3.63) is 0 Å². The molecule has 1 unspecified atom stereocenters. The second-order valence-electron chi connectivity index (χ2n) is 6.03. The van der Waals surface area contributed by atoms with Gasteiger partial charge in [0.05, 0.1) is 0 Å². The highest BCUT2D eigenvalue weighted by Gasteiger charge is 2.24. The Morgan fingerprint density at radius 3 is 1.45 bits per heavy atom. The second kappa shape index (κ2) is 3.20. The van der Waals surface area contributed by atoms with Crippen LogP contribution >= 0.6 is 0 Å². The maximum Gasteiger partial charge on any atom is 0.106 e. The van der Waals surface area contributed by atoms with E-state index in [0.717, 1.165) is 5.82 Å². The minimum atomic E-state index is 0.466. The summed E-state index contributed by atoms with van der Waals surface area (Å²) in [4.78, 5) is 0. The molecule has 0 aromatic rings. The van der Waals surface area contributed by atoms with E-state index in [-0.39, 0.29) is 0 Å². The van der Waals surface area contributed by atoms with Crippen LogP contribution in [0.2, 0.25) is 5.82 Å². The number of hydrogen-bond acceptors (Lipinski definition) is 0. The lowest BCUT2D eigenvalue weighted by molar-refractivity contribution is 0.276. The number of hydrogen-bond donors (Lipinski definition) is 0. The van der Waals surface area contributed by atoms with Crippen molar-refractivity contribution in [2.45, 2.75) is 53.8 Å². The normalized spacial score (nSPS) is 16.5. The van der Waals surface area contributed by atoms with Crippen LogP contribution in [0.15, 0.2) is 0 Å². The molecule has 0 aromatic heterocycles. The summed E-state index contributed by atoms with van der Waals surface area (Å²) < 4.78 is 0. The zero-order chi connectivity index (χ0) is 9.28. The van der Waals surface area contributed by atoms with Crippen LogP contribution in [-0.4, -0.2) is 7.85 Å². The zero-order valence-electron chi connectivity index (χ0n) is 9.28. The first-order valence-electron chi connectivity index (χ1n) is 4.63. The van der Waals surface area contributed by atoms with Gasteiger partial charge in [0.25, 0.3) is 0 Å².